The van der Waals surface area contributed by atoms with Gasteiger partial charge in [-0.25, -0.2) is 0 Å². The SMILES string of the molecule is CC1CC(C)CC(N2CCC(C(C)N)CC2)C1. The van der Waals surface area contributed by atoms with Crippen LogP contribution in [-0.2, 0) is 0 Å². The normalized spacial score (nSPS) is 39.2. The molecule has 0 spiro atoms. The predicted molar refractivity (Wildman–Crippen MR) is 73.9 cm³/mol. The number of hydrogen-bond acceptors (Lipinski definition) is 2. The van der Waals surface area contributed by atoms with Crippen molar-refractivity contribution in [1.29, 1.82) is 0 Å². The first kappa shape index (κ1) is 13.4. The van der Waals surface area contributed by atoms with Crippen molar-refractivity contribution >= 4 is 0 Å². The molecule has 1 saturated carbocycles. The molecule has 0 bridgehead atoms. The molecule has 0 amide bonds. The monoisotopic (exact) mass is 238 g/mol. The van der Waals surface area contributed by atoms with Gasteiger partial charge in [0.15, 0.2) is 0 Å². The van der Waals surface area contributed by atoms with Crippen molar-refractivity contribution in [3.8, 4) is 0 Å². The third-order valence-corrected chi connectivity index (χ3v) is 4.99. The third-order valence-electron chi connectivity index (χ3n) is 4.99. The minimum Gasteiger partial charge on any atom is -0.328 e. The van der Waals surface area contributed by atoms with Gasteiger partial charge < -0.3 is 10.6 Å². The van der Waals surface area contributed by atoms with Crippen molar-refractivity contribution < 1.29 is 0 Å². The van der Waals surface area contributed by atoms with Crippen LogP contribution in [0.3, 0.4) is 0 Å². The lowest BCUT2D eigenvalue weighted by Crippen LogP contribution is -2.46. The van der Waals surface area contributed by atoms with Crippen LogP contribution in [0.1, 0.15) is 52.9 Å². The van der Waals surface area contributed by atoms with Gasteiger partial charge in [-0.1, -0.05) is 13.8 Å². The highest BCUT2D eigenvalue weighted by Gasteiger charge is 2.31. The largest absolute Gasteiger partial charge is 0.328 e. The Balaban J connectivity index is 1.83. The lowest BCUT2D eigenvalue weighted by Gasteiger charge is -2.43. The second kappa shape index (κ2) is 5.71. The Kier molecular flexibility index (Phi) is 4.48. The van der Waals surface area contributed by atoms with Crippen LogP contribution in [-0.4, -0.2) is 30.1 Å². The number of nitrogens with zero attached hydrogens (tertiary/aromatic N) is 1. The van der Waals surface area contributed by atoms with E-state index in [4.69, 9.17) is 5.73 Å². The minimum absolute atomic E-state index is 0.390. The quantitative estimate of drug-likeness (QED) is 0.801. The van der Waals surface area contributed by atoms with E-state index in [0.717, 1.165) is 23.8 Å². The standard InChI is InChI=1S/C15H30N2/c1-11-8-12(2)10-15(9-11)17-6-4-14(5-7-17)13(3)16/h11-15H,4-10,16H2,1-3H3. The lowest BCUT2D eigenvalue weighted by atomic mass is 9.79. The fourth-order valence-electron chi connectivity index (χ4n) is 4.01. The Labute approximate surface area is 107 Å². The van der Waals surface area contributed by atoms with Gasteiger partial charge in [-0.2, -0.15) is 0 Å². The van der Waals surface area contributed by atoms with Gasteiger partial charge in [0.05, 0.1) is 0 Å². The molecule has 2 N–H and O–H groups in total. The Bertz CT molecular complexity index is 221. The van der Waals surface area contributed by atoms with Crippen LogP contribution in [0, 0.1) is 17.8 Å². The maximum absolute atomic E-state index is 6.02. The summed E-state index contributed by atoms with van der Waals surface area (Å²) in [5.41, 5.74) is 6.02. The van der Waals surface area contributed by atoms with Crippen molar-refractivity contribution in [2.24, 2.45) is 23.5 Å². The fraction of sp³-hybridized carbons (Fsp3) is 1.00. The van der Waals surface area contributed by atoms with Gasteiger partial charge in [-0.3, -0.25) is 0 Å². The first-order valence-corrected chi connectivity index (χ1v) is 7.56. The average molecular weight is 238 g/mol. The number of likely N-dealkylation sites (tertiary alicyclic amines) is 1. The Morgan fingerprint density at radius 2 is 1.53 bits per heavy atom. The molecule has 2 heteroatoms. The van der Waals surface area contributed by atoms with E-state index in [2.05, 4.69) is 25.7 Å². The summed E-state index contributed by atoms with van der Waals surface area (Å²) >= 11 is 0. The van der Waals surface area contributed by atoms with Crippen molar-refractivity contribution in [1.82, 2.24) is 4.90 Å². The first-order chi connectivity index (χ1) is 8.06. The van der Waals surface area contributed by atoms with E-state index >= 15 is 0 Å². The van der Waals surface area contributed by atoms with Gasteiger partial charge in [0, 0.05) is 12.1 Å². The molecule has 100 valence electrons. The van der Waals surface area contributed by atoms with E-state index < -0.39 is 0 Å². The molecular weight excluding hydrogens is 208 g/mol. The van der Waals surface area contributed by atoms with Gasteiger partial charge >= 0.3 is 0 Å². The van der Waals surface area contributed by atoms with Crippen LogP contribution in [0.5, 0.6) is 0 Å². The van der Waals surface area contributed by atoms with Crippen LogP contribution in [0.15, 0.2) is 0 Å². The molecule has 0 radical (unpaired) electrons. The van der Waals surface area contributed by atoms with E-state index in [1.165, 1.54) is 45.2 Å². The third kappa shape index (κ3) is 3.45. The van der Waals surface area contributed by atoms with Crippen molar-refractivity contribution in [3.63, 3.8) is 0 Å². The molecule has 3 atom stereocenters. The highest BCUT2D eigenvalue weighted by molar-refractivity contribution is 4.86. The second-order valence-corrected chi connectivity index (χ2v) is 6.80. The van der Waals surface area contributed by atoms with E-state index in [9.17, 15) is 0 Å². The average Bonchev–Trinajstić information content (AvgIpc) is 2.28. The summed E-state index contributed by atoms with van der Waals surface area (Å²) in [5.74, 6) is 2.62. The van der Waals surface area contributed by atoms with Crippen LogP contribution < -0.4 is 5.73 Å². The van der Waals surface area contributed by atoms with E-state index in [-0.39, 0.29) is 0 Å². The number of piperidine rings is 1. The smallest absolute Gasteiger partial charge is 0.0100 e. The second-order valence-electron chi connectivity index (χ2n) is 6.80. The molecule has 0 aromatic heterocycles. The predicted octanol–water partition coefficient (Wildman–Crippen LogP) is 2.87. The van der Waals surface area contributed by atoms with E-state index in [1.807, 2.05) is 0 Å². The molecule has 2 fully saturated rings. The molecule has 2 nitrogen and oxygen atoms in total. The molecular formula is C15H30N2. The van der Waals surface area contributed by atoms with Crippen molar-refractivity contribution in [2.45, 2.75) is 65.0 Å². The molecule has 0 aromatic carbocycles. The van der Waals surface area contributed by atoms with Crippen LogP contribution >= 0.6 is 0 Å². The number of nitrogens with two attached hydrogens (primary N) is 1. The molecule has 3 unspecified atom stereocenters. The molecule has 1 aliphatic carbocycles. The topological polar surface area (TPSA) is 29.3 Å². The molecule has 1 saturated heterocycles. The zero-order valence-electron chi connectivity index (χ0n) is 11.9. The maximum atomic E-state index is 6.02. The van der Waals surface area contributed by atoms with Crippen LogP contribution in [0.4, 0.5) is 0 Å². The Hall–Kier alpha value is -0.0800. The molecule has 0 aromatic rings. The fourth-order valence-corrected chi connectivity index (χ4v) is 4.01. The highest BCUT2D eigenvalue weighted by Crippen LogP contribution is 2.33. The summed E-state index contributed by atoms with van der Waals surface area (Å²) in [6.07, 6.45) is 6.92. The number of rotatable bonds is 2. The Morgan fingerprint density at radius 3 is 2.00 bits per heavy atom. The Morgan fingerprint density at radius 1 is 1.00 bits per heavy atom. The zero-order valence-corrected chi connectivity index (χ0v) is 11.9. The molecule has 2 rings (SSSR count). The molecule has 17 heavy (non-hydrogen) atoms. The van der Waals surface area contributed by atoms with Gasteiger partial charge in [-0.05, 0) is 69.9 Å². The molecule has 1 heterocycles. The summed E-state index contributed by atoms with van der Waals surface area (Å²) in [6, 6.07) is 1.25. The van der Waals surface area contributed by atoms with Crippen LogP contribution in [0.25, 0.3) is 0 Å². The minimum atomic E-state index is 0.390. The molecule has 2 aliphatic rings. The first-order valence-electron chi connectivity index (χ1n) is 7.56. The van der Waals surface area contributed by atoms with Crippen molar-refractivity contribution in [3.05, 3.63) is 0 Å². The summed E-state index contributed by atoms with van der Waals surface area (Å²) in [7, 11) is 0. The summed E-state index contributed by atoms with van der Waals surface area (Å²) < 4.78 is 0. The van der Waals surface area contributed by atoms with Crippen molar-refractivity contribution in [2.75, 3.05) is 13.1 Å². The van der Waals surface area contributed by atoms with E-state index in [0.29, 0.717) is 6.04 Å². The lowest BCUT2D eigenvalue weighted by molar-refractivity contribution is 0.0718. The zero-order chi connectivity index (χ0) is 12.4. The summed E-state index contributed by atoms with van der Waals surface area (Å²) in [6.45, 7) is 9.60. The maximum Gasteiger partial charge on any atom is 0.0100 e. The van der Waals surface area contributed by atoms with Gasteiger partial charge in [0.25, 0.3) is 0 Å². The van der Waals surface area contributed by atoms with Gasteiger partial charge in [0.1, 0.15) is 0 Å². The summed E-state index contributed by atoms with van der Waals surface area (Å²) in [5, 5.41) is 0. The molecule has 1 aliphatic heterocycles. The van der Waals surface area contributed by atoms with Gasteiger partial charge in [-0.15, -0.1) is 0 Å². The van der Waals surface area contributed by atoms with Gasteiger partial charge in [0.2, 0.25) is 0 Å². The number of hydrogen-bond donors (Lipinski definition) is 1. The summed E-state index contributed by atoms with van der Waals surface area (Å²) in [4.78, 5) is 2.76. The highest BCUT2D eigenvalue weighted by atomic mass is 15.2. The van der Waals surface area contributed by atoms with E-state index in [1.54, 1.807) is 0 Å². The van der Waals surface area contributed by atoms with Crippen LogP contribution in [0.2, 0.25) is 0 Å².